The zero-order valence-electron chi connectivity index (χ0n) is 18.0. The van der Waals surface area contributed by atoms with Crippen LogP contribution in [0.3, 0.4) is 0 Å². The molecule has 0 radical (unpaired) electrons. The van der Waals surface area contributed by atoms with E-state index in [9.17, 15) is 0 Å². The molecule has 0 aliphatic carbocycles. The van der Waals surface area contributed by atoms with Crippen molar-refractivity contribution in [3.05, 3.63) is 54.0 Å². The molecule has 1 aliphatic heterocycles. The van der Waals surface area contributed by atoms with Crippen LogP contribution in [0.5, 0.6) is 6.01 Å². The largest absolute Gasteiger partial charge is 0.467 e. The van der Waals surface area contributed by atoms with E-state index >= 15 is 0 Å². The normalized spacial score (nSPS) is 15.0. The van der Waals surface area contributed by atoms with Gasteiger partial charge in [0.2, 0.25) is 11.9 Å². The SMILES string of the molecule is CCOc1nc(NCc2ccco2)nc(Nc2cccc(CN3CCN(C)CC3)c2)n1. The van der Waals surface area contributed by atoms with Gasteiger partial charge in [0.25, 0.3) is 0 Å². The maximum Gasteiger partial charge on any atom is 0.323 e. The van der Waals surface area contributed by atoms with Crippen LogP contribution >= 0.6 is 0 Å². The van der Waals surface area contributed by atoms with Gasteiger partial charge < -0.3 is 24.7 Å². The molecule has 0 bridgehead atoms. The first kappa shape index (κ1) is 21.1. The molecule has 1 aliphatic rings. The number of nitrogens with one attached hydrogen (secondary N) is 2. The van der Waals surface area contributed by atoms with Crippen LogP contribution in [0.2, 0.25) is 0 Å². The Hall–Kier alpha value is -3.17. The highest BCUT2D eigenvalue weighted by molar-refractivity contribution is 5.55. The van der Waals surface area contributed by atoms with E-state index in [1.165, 1.54) is 5.56 Å². The highest BCUT2D eigenvalue weighted by Gasteiger charge is 2.14. The lowest BCUT2D eigenvalue weighted by Crippen LogP contribution is -2.43. The molecule has 9 nitrogen and oxygen atoms in total. The summed E-state index contributed by atoms with van der Waals surface area (Å²) in [5.41, 5.74) is 2.18. The van der Waals surface area contributed by atoms with Crippen LogP contribution < -0.4 is 15.4 Å². The van der Waals surface area contributed by atoms with Crippen molar-refractivity contribution < 1.29 is 9.15 Å². The van der Waals surface area contributed by atoms with Crippen molar-refractivity contribution in [2.45, 2.75) is 20.0 Å². The summed E-state index contributed by atoms with van der Waals surface area (Å²) < 4.78 is 10.9. The van der Waals surface area contributed by atoms with Crippen LogP contribution in [0, 0.1) is 0 Å². The van der Waals surface area contributed by atoms with E-state index < -0.39 is 0 Å². The zero-order chi connectivity index (χ0) is 21.5. The van der Waals surface area contributed by atoms with Crippen LogP contribution in [-0.2, 0) is 13.1 Å². The predicted molar refractivity (Wildman–Crippen MR) is 120 cm³/mol. The average Bonchev–Trinajstić information content (AvgIpc) is 3.28. The molecule has 0 amide bonds. The number of piperazine rings is 1. The maximum atomic E-state index is 5.52. The Morgan fingerprint density at radius 1 is 1.03 bits per heavy atom. The zero-order valence-corrected chi connectivity index (χ0v) is 18.0. The Balaban J connectivity index is 1.44. The topological polar surface area (TPSA) is 91.6 Å². The molecule has 2 aromatic heterocycles. The molecule has 0 unspecified atom stereocenters. The number of likely N-dealkylation sites (N-methyl/N-ethyl adjacent to an activating group) is 1. The number of hydrogen-bond acceptors (Lipinski definition) is 9. The van der Waals surface area contributed by atoms with E-state index in [1.54, 1.807) is 6.26 Å². The van der Waals surface area contributed by atoms with Gasteiger partial charge in [-0.3, -0.25) is 4.90 Å². The molecule has 2 N–H and O–H groups in total. The monoisotopic (exact) mass is 423 g/mol. The number of anilines is 3. The fourth-order valence-electron chi connectivity index (χ4n) is 3.41. The first-order chi connectivity index (χ1) is 15.2. The van der Waals surface area contributed by atoms with Gasteiger partial charge in [0, 0.05) is 38.4 Å². The molecule has 9 heteroatoms. The minimum atomic E-state index is 0.274. The van der Waals surface area contributed by atoms with Gasteiger partial charge in [-0.2, -0.15) is 15.0 Å². The molecular formula is C22H29N7O2. The Bertz CT molecular complexity index is 956. The number of furan rings is 1. The van der Waals surface area contributed by atoms with E-state index in [-0.39, 0.29) is 6.01 Å². The Morgan fingerprint density at radius 3 is 2.65 bits per heavy atom. The third-order valence-electron chi connectivity index (χ3n) is 5.07. The van der Waals surface area contributed by atoms with Gasteiger partial charge in [-0.25, -0.2) is 0 Å². The molecule has 164 valence electrons. The van der Waals surface area contributed by atoms with Crippen LogP contribution in [0.1, 0.15) is 18.2 Å². The third kappa shape index (κ3) is 6.16. The molecule has 1 saturated heterocycles. The van der Waals surface area contributed by atoms with Crippen molar-refractivity contribution in [2.24, 2.45) is 0 Å². The molecule has 4 rings (SSSR count). The van der Waals surface area contributed by atoms with Gasteiger partial charge in [-0.1, -0.05) is 12.1 Å². The number of ether oxygens (including phenoxy) is 1. The van der Waals surface area contributed by atoms with Crippen molar-refractivity contribution in [1.29, 1.82) is 0 Å². The lowest BCUT2D eigenvalue weighted by Gasteiger charge is -2.32. The summed E-state index contributed by atoms with van der Waals surface area (Å²) in [5, 5.41) is 6.44. The van der Waals surface area contributed by atoms with E-state index in [1.807, 2.05) is 25.1 Å². The van der Waals surface area contributed by atoms with Crippen molar-refractivity contribution in [2.75, 3.05) is 50.5 Å². The summed E-state index contributed by atoms with van der Waals surface area (Å²) in [7, 11) is 2.17. The van der Waals surface area contributed by atoms with Crippen molar-refractivity contribution >= 4 is 17.6 Å². The number of hydrogen-bond donors (Lipinski definition) is 2. The highest BCUT2D eigenvalue weighted by Crippen LogP contribution is 2.19. The summed E-state index contributed by atoms with van der Waals surface area (Å²) in [6.45, 7) is 8.17. The second-order valence-electron chi connectivity index (χ2n) is 7.54. The van der Waals surface area contributed by atoms with Crippen LogP contribution in [0.25, 0.3) is 0 Å². The fraction of sp³-hybridized carbons (Fsp3) is 0.409. The molecule has 0 spiro atoms. The average molecular weight is 424 g/mol. The Labute approximate surface area is 182 Å². The van der Waals surface area contributed by atoms with Gasteiger partial charge in [-0.05, 0) is 43.8 Å². The molecule has 1 fully saturated rings. The van der Waals surface area contributed by atoms with Crippen molar-refractivity contribution in [3.8, 4) is 6.01 Å². The Kier molecular flexibility index (Phi) is 6.96. The minimum absolute atomic E-state index is 0.274. The van der Waals surface area contributed by atoms with Gasteiger partial charge >= 0.3 is 6.01 Å². The van der Waals surface area contributed by atoms with Gasteiger partial charge in [0.15, 0.2) is 0 Å². The summed E-state index contributed by atoms with van der Waals surface area (Å²) >= 11 is 0. The van der Waals surface area contributed by atoms with Crippen LogP contribution in [-0.4, -0.2) is 64.6 Å². The molecule has 3 heterocycles. The minimum Gasteiger partial charge on any atom is -0.467 e. The van der Waals surface area contributed by atoms with E-state index in [2.05, 4.69) is 60.6 Å². The molecule has 0 atom stereocenters. The van der Waals surface area contributed by atoms with E-state index in [0.29, 0.717) is 25.0 Å². The number of benzene rings is 1. The van der Waals surface area contributed by atoms with Gasteiger partial charge in [0.1, 0.15) is 5.76 Å². The summed E-state index contributed by atoms with van der Waals surface area (Å²) in [6.07, 6.45) is 1.64. The highest BCUT2D eigenvalue weighted by atomic mass is 16.5. The van der Waals surface area contributed by atoms with Gasteiger partial charge in [0.05, 0.1) is 19.4 Å². The molecule has 3 aromatic rings. The van der Waals surface area contributed by atoms with Crippen molar-refractivity contribution in [1.82, 2.24) is 24.8 Å². The second-order valence-corrected chi connectivity index (χ2v) is 7.54. The molecular weight excluding hydrogens is 394 g/mol. The third-order valence-corrected chi connectivity index (χ3v) is 5.07. The first-order valence-electron chi connectivity index (χ1n) is 10.6. The van der Waals surface area contributed by atoms with Crippen LogP contribution in [0.4, 0.5) is 17.6 Å². The summed E-state index contributed by atoms with van der Waals surface area (Å²) in [6, 6.07) is 12.4. The first-order valence-corrected chi connectivity index (χ1v) is 10.6. The van der Waals surface area contributed by atoms with Crippen molar-refractivity contribution in [3.63, 3.8) is 0 Å². The quantitative estimate of drug-likeness (QED) is 0.539. The fourth-order valence-corrected chi connectivity index (χ4v) is 3.41. The lowest BCUT2D eigenvalue weighted by atomic mass is 10.1. The molecule has 0 saturated carbocycles. The van der Waals surface area contributed by atoms with E-state index in [4.69, 9.17) is 9.15 Å². The summed E-state index contributed by atoms with van der Waals surface area (Å²) in [4.78, 5) is 18.0. The number of rotatable bonds is 9. The Morgan fingerprint density at radius 2 is 1.87 bits per heavy atom. The molecule has 31 heavy (non-hydrogen) atoms. The summed E-state index contributed by atoms with van der Waals surface area (Å²) in [5.74, 6) is 1.65. The van der Waals surface area contributed by atoms with Gasteiger partial charge in [-0.15, -0.1) is 0 Å². The smallest absolute Gasteiger partial charge is 0.323 e. The maximum absolute atomic E-state index is 5.52. The number of nitrogens with zero attached hydrogens (tertiary/aromatic N) is 5. The predicted octanol–water partition coefficient (Wildman–Crippen LogP) is 2.97. The lowest BCUT2D eigenvalue weighted by molar-refractivity contribution is 0.148. The molecule has 1 aromatic carbocycles. The second kappa shape index (κ2) is 10.2. The standard InChI is InChI=1S/C22H29N7O2/c1-3-30-22-26-20(23-15-19-8-5-13-31-19)25-21(27-22)24-18-7-4-6-17(14-18)16-29-11-9-28(2)10-12-29/h4-8,13-14H,3,9-12,15-16H2,1-2H3,(H2,23,24,25,26,27). The number of aromatic nitrogens is 3. The van der Waals surface area contributed by atoms with Crippen LogP contribution in [0.15, 0.2) is 47.1 Å². The van der Waals surface area contributed by atoms with E-state index in [0.717, 1.165) is 44.2 Å².